The Hall–Kier alpha value is -3.63. The average Bonchev–Trinajstić information content (AvgIpc) is 3.41. The first-order valence-electron chi connectivity index (χ1n) is 11.5. The van der Waals surface area contributed by atoms with Gasteiger partial charge in [0.25, 0.3) is 0 Å². The Morgan fingerprint density at radius 3 is 1.75 bits per heavy atom. The van der Waals surface area contributed by atoms with Crippen molar-refractivity contribution in [2.24, 2.45) is 0 Å². The van der Waals surface area contributed by atoms with Crippen LogP contribution in [0.4, 0.5) is 0 Å². The molecule has 0 aliphatic heterocycles. The van der Waals surface area contributed by atoms with Crippen molar-refractivity contribution in [1.29, 1.82) is 5.26 Å². The molecule has 0 saturated heterocycles. The number of fused-ring (bicyclic) bond motifs is 6. The molecule has 0 heterocycles. The van der Waals surface area contributed by atoms with Crippen molar-refractivity contribution in [2.75, 3.05) is 0 Å². The van der Waals surface area contributed by atoms with E-state index in [2.05, 4.69) is 97.9 Å². The second-order valence-electron chi connectivity index (χ2n) is 9.23. The van der Waals surface area contributed by atoms with Crippen LogP contribution >= 0.6 is 0 Å². The molecule has 2 aliphatic rings. The Balaban J connectivity index is 1.33. The van der Waals surface area contributed by atoms with Gasteiger partial charge in [0.05, 0.1) is 12.0 Å². The second kappa shape index (κ2) is 7.50. The monoisotopic (exact) mass is 411 g/mol. The molecular formula is C31H25N. The molecule has 0 N–H and O–H groups in total. The van der Waals surface area contributed by atoms with Crippen molar-refractivity contribution < 1.29 is 0 Å². The number of rotatable bonds is 4. The largest absolute Gasteiger partial charge is 0.198 e. The summed E-state index contributed by atoms with van der Waals surface area (Å²) in [4.78, 5) is 0. The van der Waals surface area contributed by atoms with Crippen LogP contribution in [-0.4, -0.2) is 0 Å². The van der Waals surface area contributed by atoms with Gasteiger partial charge < -0.3 is 0 Å². The van der Waals surface area contributed by atoms with Crippen molar-refractivity contribution in [1.82, 2.24) is 0 Å². The summed E-state index contributed by atoms with van der Waals surface area (Å²) in [7, 11) is 0. The van der Waals surface area contributed by atoms with Gasteiger partial charge in [0, 0.05) is 0 Å². The van der Waals surface area contributed by atoms with Gasteiger partial charge in [-0.05, 0) is 80.8 Å². The number of nitriles is 1. The van der Waals surface area contributed by atoms with Crippen molar-refractivity contribution in [2.45, 2.75) is 38.0 Å². The zero-order chi connectivity index (χ0) is 21.7. The van der Waals surface area contributed by atoms with E-state index in [9.17, 15) is 5.26 Å². The first kappa shape index (κ1) is 19.1. The molecule has 0 amide bonds. The summed E-state index contributed by atoms with van der Waals surface area (Å²) in [5.41, 5.74) is 13.6. The van der Waals surface area contributed by atoms with Crippen molar-refractivity contribution in [3.05, 3.63) is 118 Å². The summed E-state index contributed by atoms with van der Waals surface area (Å²) in [6.07, 6.45) is 2.78. The van der Waals surface area contributed by atoms with Crippen LogP contribution < -0.4 is 0 Å². The van der Waals surface area contributed by atoms with E-state index in [1.165, 1.54) is 55.6 Å². The molecule has 2 unspecified atom stereocenters. The molecule has 154 valence electrons. The van der Waals surface area contributed by atoms with Gasteiger partial charge in [0.2, 0.25) is 0 Å². The van der Waals surface area contributed by atoms with E-state index >= 15 is 0 Å². The Kier molecular flexibility index (Phi) is 4.47. The Bertz CT molecular complexity index is 1390. The fourth-order valence-electron chi connectivity index (χ4n) is 5.88. The van der Waals surface area contributed by atoms with Gasteiger partial charge in [-0.3, -0.25) is 0 Å². The molecular weight excluding hydrogens is 386 g/mol. The lowest BCUT2D eigenvalue weighted by Gasteiger charge is -2.21. The number of hydrogen-bond donors (Lipinski definition) is 0. The Morgan fingerprint density at radius 2 is 1.16 bits per heavy atom. The van der Waals surface area contributed by atoms with E-state index in [1.54, 1.807) is 0 Å². The normalized spacial score (nSPS) is 14.6. The van der Waals surface area contributed by atoms with E-state index in [1.807, 2.05) is 0 Å². The minimum absolute atomic E-state index is 0.103. The smallest absolute Gasteiger partial charge is 0.0721 e. The van der Waals surface area contributed by atoms with Crippen LogP contribution in [0.15, 0.2) is 84.9 Å². The highest BCUT2D eigenvalue weighted by atomic mass is 14.3. The molecule has 4 aromatic carbocycles. The second-order valence-corrected chi connectivity index (χ2v) is 9.23. The maximum Gasteiger partial charge on any atom is 0.0721 e. The molecule has 0 spiro atoms. The molecule has 2 atom stereocenters. The van der Waals surface area contributed by atoms with Gasteiger partial charge in [-0.1, -0.05) is 91.9 Å². The van der Waals surface area contributed by atoms with Crippen LogP contribution in [0.25, 0.3) is 22.3 Å². The molecule has 0 aromatic heterocycles. The predicted octanol–water partition coefficient (Wildman–Crippen LogP) is 7.63. The van der Waals surface area contributed by atoms with Crippen LogP contribution in [0.1, 0.15) is 58.6 Å². The average molecular weight is 412 g/mol. The summed E-state index contributed by atoms with van der Waals surface area (Å²) >= 11 is 0. The van der Waals surface area contributed by atoms with E-state index in [4.69, 9.17) is 0 Å². The fraction of sp³-hybridized carbons (Fsp3) is 0.194. The highest BCUT2D eigenvalue weighted by molar-refractivity contribution is 5.79. The summed E-state index contributed by atoms with van der Waals surface area (Å²) in [6.45, 7) is 2.29. The molecule has 1 nitrogen and oxygen atoms in total. The van der Waals surface area contributed by atoms with Crippen LogP contribution in [-0.2, 0) is 12.8 Å². The molecule has 0 radical (unpaired) electrons. The first-order valence-corrected chi connectivity index (χ1v) is 11.5. The number of hydrogen-bond acceptors (Lipinski definition) is 1. The SMILES string of the molecule is CC(CC(C#N)c1cccc2c1Cc1ccccc1-2)c1cccc2c1Cc1ccccc1-2. The Labute approximate surface area is 190 Å². The maximum absolute atomic E-state index is 10.2. The van der Waals surface area contributed by atoms with E-state index in [-0.39, 0.29) is 5.92 Å². The quantitative estimate of drug-likeness (QED) is 0.292. The standard InChI is InChI=1S/C31H25N/c1-20(24-12-6-14-28-25-10-4-2-8-21(25)17-30(24)28)16-23(19-32)27-13-7-15-29-26-11-5-3-9-22(26)18-31(27)29/h2-15,20,23H,16-18H2,1H3. The summed E-state index contributed by atoms with van der Waals surface area (Å²) < 4.78 is 0. The van der Waals surface area contributed by atoms with Crippen LogP contribution in [0.2, 0.25) is 0 Å². The van der Waals surface area contributed by atoms with E-state index < -0.39 is 0 Å². The maximum atomic E-state index is 10.2. The highest BCUT2D eigenvalue weighted by Crippen LogP contribution is 2.44. The van der Waals surface area contributed by atoms with Crippen molar-refractivity contribution in [3.8, 4) is 28.3 Å². The van der Waals surface area contributed by atoms with Crippen molar-refractivity contribution >= 4 is 0 Å². The van der Waals surface area contributed by atoms with Gasteiger partial charge >= 0.3 is 0 Å². The molecule has 2 aliphatic carbocycles. The number of benzene rings is 4. The topological polar surface area (TPSA) is 23.8 Å². The summed E-state index contributed by atoms with van der Waals surface area (Å²) in [5, 5.41) is 10.2. The third-order valence-corrected chi connectivity index (χ3v) is 7.43. The lowest BCUT2D eigenvalue weighted by molar-refractivity contribution is 0.630. The zero-order valence-corrected chi connectivity index (χ0v) is 18.3. The van der Waals surface area contributed by atoms with Crippen molar-refractivity contribution in [3.63, 3.8) is 0 Å². The lowest BCUT2D eigenvalue weighted by atomic mass is 9.82. The minimum atomic E-state index is -0.103. The molecule has 0 fully saturated rings. The van der Waals surface area contributed by atoms with Crippen LogP contribution in [0.5, 0.6) is 0 Å². The van der Waals surface area contributed by atoms with Gasteiger partial charge in [-0.25, -0.2) is 0 Å². The number of nitrogens with zero attached hydrogens (tertiary/aromatic N) is 1. The highest BCUT2D eigenvalue weighted by Gasteiger charge is 2.28. The molecule has 0 bridgehead atoms. The summed E-state index contributed by atoms with van der Waals surface area (Å²) in [6, 6.07) is 33.3. The first-order chi connectivity index (χ1) is 15.7. The molecule has 6 rings (SSSR count). The van der Waals surface area contributed by atoms with Gasteiger partial charge in [-0.15, -0.1) is 0 Å². The fourth-order valence-corrected chi connectivity index (χ4v) is 5.88. The van der Waals surface area contributed by atoms with Gasteiger partial charge in [0.15, 0.2) is 0 Å². The third-order valence-electron chi connectivity index (χ3n) is 7.43. The third kappa shape index (κ3) is 2.91. The predicted molar refractivity (Wildman–Crippen MR) is 131 cm³/mol. The van der Waals surface area contributed by atoms with Gasteiger partial charge in [0.1, 0.15) is 0 Å². The van der Waals surface area contributed by atoms with Crippen LogP contribution in [0, 0.1) is 11.3 Å². The van der Waals surface area contributed by atoms with E-state index in [0.717, 1.165) is 19.3 Å². The molecule has 4 aromatic rings. The van der Waals surface area contributed by atoms with Gasteiger partial charge in [-0.2, -0.15) is 5.26 Å². The van der Waals surface area contributed by atoms with E-state index in [0.29, 0.717) is 5.92 Å². The molecule has 1 heteroatoms. The molecule has 0 saturated carbocycles. The Morgan fingerprint density at radius 1 is 0.656 bits per heavy atom. The zero-order valence-electron chi connectivity index (χ0n) is 18.3. The van der Waals surface area contributed by atoms with Crippen LogP contribution in [0.3, 0.4) is 0 Å². The minimum Gasteiger partial charge on any atom is -0.198 e. The molecule has 32 heavy (non-hydrogen) atoms. The lowest BCUT2D eigenvalue weighted by Crippen LogP contribution is -2.07. The summed E-state index contributed by atoms with van der Waals surface area (Å²) in [5.74, 6) is 0.220.